The Balaban J connectivity index is 2.12. The highest BCUT2D eigenvalue weighted by Crippen LogP contribution is 2.20. The van der Waals surface area contributed by atoms with E-state index < -0.39 is 5.97 Å². The molecule has 1 aromatic rings. The fourth-order valence-corrected chi connectivity index (χ4v) is 1.95. The number of carboxylic acids is 1. The first-order chi connectivity index (χ1) is 8.16. The van der Waals surface area contributed by atoms with Crippen LogP contribution in [0, 0.1) is 0 Å². The summed E-state index contributed by atoms with van der Waals surface area (Å²) < 4.78 is 0. The number of carboxylic acid groups (broad SMARTS) is 1. The molecule has 1 saturated heterocycles. The summed E-state index contributed by atoms with van der Waals surface area (Å²) in [6.45, 7) is 1.97. The molecule has 0 radical (unpaired) electrons. The molecule has 1 aliphatic rings. The van der Waals surface area contributed by atoms with Crippen molar-refractivity contribution in [2.75, 3.05) is 36.5 Å². The number of likely N-dealkylation sites (N-methyl/N-ethyl adjacent to an activating group) is 1. The number of anilines is 2. The average molecular weight is 236 g/mol. The predicted molar refractivity (Wildman–Crippen MR) is 64.4 cm³/mol. The molecular formula is C11H16N4O2. The number of hydrogen-bond donors (Lipinski definition) is 1. The monoisotopic (exact) mass is 236 g/mol. The van der Waals surface area contributed by atoms with Gasteiger partial charge in [-0.15, -0.1) is 0 Å². The molecule has 2 heterocycles. The molecule has 0 atom stereocenters. The number of carbonyl (C=O) groups is 1. The van der Waals surface area contributed by atoms with Crippen molar-refractivity contribution >= 4 is 17.6 Å². The van der Waals surface area contributed by atoms with E-state index in [1.54, 1.807) is 11.9 Å². The van der Waals surface area contributed by atoms with Gasteiger partial charge in [-0.1, -0.05) is 0 Å². The lowest BCUT2D eigenvalue weighted by molar-refractivity contribution is -0.135. The maximum atomic E-state index is 10.6. The van der Waals surface area contributed by atoms with Gasteiger partial charge in [0, 0.05) is 26.2 Å². The third-order valence-corrected chi connectivity index (χ3v) is 2.83. The van der Waals surface area contributed by atoms with E-state index in [0.29, 0.717) is 5.82 Å². The molecule has 0 saturated carbocycles. The van der Waals surface area contributed by atoms with Gasteiger partial charge in [0.05, 0.1) is 0 Å². The third-order valence-electron chi connectivity index (χ3n) is 2.83. The van der Waals surface area contributed by atoms with Crippen LogP contribution in [0.5, 0.6) is 0 Å². The van der Waals surface area contributed by atoms with Crippen LogP contribution in [-0.4, -0.2) is 47.7 Å². The van der Waals surface area contributed by atoms with Crippen molar-refractivity contribution in [3.05, 3.63) is 12.4 Å². The normalized spacial score (nSPS) is 15.0. The Kier molecular flexibility index (Phi) is 3.41. The second kappa shape index (κ2) is 4.99. The van der Waals surface area contributed by atoms with Gasteiger partial charge in [0.25, 0.3) is 0 Å². The molecule has 1 fully saturated rings. The van der Waals surface area contributed by atoms with Crippen molar-refractivity contribution in [3.8, 4) is 0 Å². The molecule has 0 spiro atoms. The van der Waals surface area contributed by atoms with Crippen molar-refractivity contribution in [2.45, 2.75) is 12.8 Å². The molecule has 1 N–H and O–H groups in total. The molecule has 0 bridgehead atoms. The van der Waals surface area contributed by atoms with Crippen LogP contribution in [-0.2, 0) is 4.79 Å². The van der Waals surface area contributed by atoms with Gasteiger partial charge in [-0.25, -0.2) is 9.97 Å². The second-order valence-corrected chi connectivity index (χ2v) is 4.18. The van der Waals surface area contributed by atoms with E-state index in [4.69, 9.17) is 5.11 Å². The van der Waals surface area contributed by atoms with Crippen LogP contribution in [0.15, 0.2) is 12.4 Å². The average Bonchev–Trinajstić information content (AvgIpc) is 2.82. The first kappa shape index (κ1) is 11.6. The number of nitrogens with zero attached hydrogens (tertiary/aromatic N) is 4. The van der Waals surface area contributed by atoms with E-state index in [-0.39, 0.29) is 6.54 Å². The highest BCUT2D eigenvalue weighted by molar-refractivity contribution is 5.73. The molecule has 0 aromatic carbocycles. The summed E-state index contributed by atoms with van der Waals surface area (Å²) in [5, 5.41) is 8.73. The Morgan fingerprint density at radius 1 is 1.47 bits per heavy atom. The lowest BCUT2D eigenvalue weighted by Crippen LogP contribution is -2.27. The topological polar surface area (TPSA) is 69.6 Å². The maximum Gasteiger partial charge on any atom is 0.323 e. The van der Waals surface area contributed by atoms with Crippen LogP contribution in [0.3, 0.4) is 0 Å². The summed E-state index contributed by atoms with van der Waals surface area (Å²) in [5.74, 6) is 0.655. The largest absolute Gasteiger partial charge is 0.480 e. The highest BCUT2D eigenvalue weighted by Gasteiger charge is 2.15. The van der Waals surface area contributed by atoms with Crippen LogP contribution in [0.25, 0.3) is 0 Å². The lowest BCUT2D eigenvalue weighted by atomic mass is 10.4. The van der Waals surface area contributed by atoms with Gasteiger partial charge in [-0.2, -0.15) is 0 Å². The molecular weight excluding hydrogens is 220 g/mol. The van der Waals surface area contributed by atoms with Crippen molar-refractivity contribution < 1.29 is 9.90 Å². The van der Waals surface area contributed by atoms with E-state index in [0.717, 1.165) is 18.9 Å². The molecule has 17 heavy (non-hydrogen) atoms. The fraction of sp³-hybridized carbons (Fsp3) is 0.545. The smallest absolute Gasteiger partial charge is 0.323 e. The van der Waals surface area contributed by atoms with Gasteiger partial charge in [-0.05, 0) is 12.8 Å². The number of hydrogen-bond acceptors (Lipinski definition) is 5. The summed E-state index contributed by atoms with van der Waals surface area (Å²) in [4.78, 5) is 22.7. The minimum absolute atomic E-state index is 0.0591. The van der Waals surface area contributed by atoms with Crippen molar-refractivity contribution in [1.82, 2.24) is 9.97 Å². The summed E-state index contributed by atoms with van der Waals surface area (Å²) in [7, 11) is 1.71. The number of rotatable bonds is 4. The van der Waals surface area contributed by atoms with Crippen molar-refractivity contribution in [1.29, 1.82) is 0 Å². The molecule has 0 aliphatic carbocycles. The molecule has 1 aliphatic heterocycles. The minimum atomic E-state index is -0.867. The van der Waals surface area contributed by atoms with Gasteiger partial charge in [0.1, 0.15) is 24.5 Å². The molecule has 6 nitrogen and oxygen atoms in total. The number of aromatic nitrogens is 2. The molecule has 0 amide bonds. The van der Waals surface area contributed by atoms with Crippen molar-refractivity contribution in [2.24, 2.45) is 0 Å². The molecule has 2 rings (SSSR count). The summed E-state index contributed by atoms with van der Waals surface area (Å²) in [5.41, 5.74) is 0. The first-order valence-corrected chi connectivity index (χ1v) is 5.67. The SMILES string of the molecule is CN(CC(=O)O)c1cc(N2CCCC2)ncn1. The van der Waals surface area contributed by atoms with Crippen molar-refractivity contribution in [3.63, 3.8) is 0 Å². The Morgan fingerprint density at radius 2 is 2.18 bits per heavy atom. The predicted octanol–water partition coefficient (Wildman–Crippen LogP) is 0.598. The van der Waals surface area contributed by atoms with Crippen LogP contribution in [0.2, 0.25) is 0 Å². The zero-order valence-electron chi connectivity index (χ0n) is 9.83. The summed E-state index contributed by atoms with van der Waals surface area (Å²) in [6.07, 6.45) is 3.86. The van der Waals surface area contributed by atoms with Gasteiger partial charge < -0.3 is 14.9 Å². The first-order valence-electron chi connectivity index (χ1n) is 5.67. The van der Waals surface area contributed by atoms with Crippen LogP contribution < -0.4 is 9.80 Å². The lowest BCUT2D eigenvalue weighted by Gasteiger charge is -2.19. The Hall–Kier alpha value is -1.85. The molecule has 1 aromatic heterocycles. The fourth-order valence-electron chi connectivity index (χ4n) is 1.95. The van der Waals surface area contributed by atoms with Gasteiger partial charge >= 0.3 is 5.97 Å². The Bertz CT molecular complexity index is 404. The zero-order chi connectivity index (χ0) is 12.3. The van der Waals surface area contributed by atoms with E-state index >= 15 is 0 Å². The molecule has 0 unspecified atom stereocenters. The minimum Gasteiger partial charge on any atom is -0.480 e. The molecule has 92 valence electrons. The van der Waals surface area contributed by atoms with E-state index in [1.165, 1.54) is 19.2 Å². The third kappa shape index (κ3) is 2.83. The summed E-state index contributed by atoms with van der Waals surface area (Å²) >= 11 is 0. The number of aliphatic carboxylic acids is 1. The molecule has 6 heteroatoms. The maximum absolute atomic E-state index is 10.6. The standard InChI is InChI=1S/C11H16N4O2/c1-14(7-11(16)17)9-6-10(13-8-12-9)15-4-2-3-5-15/h6,8H,2-5,7H2,1H3,(H,16,17). The van der Waals surface area contributed by atoms with Gasteiger partial charge in [0.2, 0.25) is 0 Å². The zero-order valence-corrected chi connectivity index (χ0v) is 9.83. The summed E-state index contributed by atoms with van der Waals surface area (Å²) in [6, 6.07) is 1.84. The van der Waals surface area contributed by atoms with Crippen LogP contribution >= 0.6 is 0 Å². The van der Waals surface area contributed by atoms with Gasteiger partial charge in [0.15, 0.2) is 0 Å². The Labute approximate surface area is 99.9 Å². The van der Waals surface area contributed by atoms with Crippen LogP contribution in [0.1, 0.15) is 12.8 Å². The van der Waals surface area contributed by atoms with Gasteiger partial charge in [-0.3, -0.25) is 4.79 Å². The highest BCUT2D eigenvalue weighted by atomic mass is 16.4. The van der Waals surface area contributed by atoms with Crippen LogP contribution in [0.4, 0.5) is 11.6 Å². The van der Waals surface area contributed by atoms with E-state index in [2.05, 4.69) is 14.9 Å². The van der Waals surface area contributed by atoms with E-state index in [9.17, 15) is 4.79 Å². The van der Waals surface area contributed by atoms with E-state index in [1.807, 2.05) is 6.07 Å². The Morgan fingerprint density at radius 3 is 2.82 bits per heavy atom. The quantitative estimate of drug-likeness (QED) is 0.825. The second-order valence-electron chi connectivity index (χ2n) is 4.18.